The normalized spacial score (nSPS) is 24.6. The molecule has 0 radical (unpaired) electrons. The van der Waals surface area contributed by atoms with E-state index in [0.29, 0.717) is 25.6 Å². The smallest absolute Gasteiger partial charge is 0.236 e. The standard InChI is InChI=1S/C16H22N4O2/c1-18(2)15(21)11-19-8-13-9-20(16(22)14(13)10-19)7-12-3-5-17-6-4-12/h3-6,13-14H,7-11H2,1-2H3/t13-,14-/m0/s1. The van der Waals surface area contributed by atoms with Gasteiger partial charge in [-0.2, -0.15) is 0 Å². The molecule has 22 heavy (non-hydrogen) atoms. The van der Waals surface area contributed by atoms with Crippen molar-refractivity contribution in [3.63, 3.8) is 0 Å². The number of likely N-dealkylation sites (tertiary alicyclic amines) is 2. The van der Waals surface area contributed by atoms with Crippen molar-refractivity contribution in [1.29, 1.82) is 0 Å². The molecule has 2 saturated heterocycles. The molecule has 0 aliphatic carbocycles. The first-order chi connectivity index (χ1) is 10.5. The van der Waals surface area contributed by atoms with Crippen molar-refractivity contribution >= 4 is 11.8 Å². The van der Waals surface area contributed by atoms with Crippen molar-refractivity contribution in [1.82, 2.24) is 19.7 Å². The molecule has 2 aliphatic heterocycles. The Morgan fingerprint density at radius 2 is 2.00 bits per heavy atom. The summed E-state index contributed by atoms with van der Waals surface area (Å²) in [5, 5.41) is 0. The molecule has 2 aliphatic rings. The maximum Gasteiger partial charge on any atom is 0.236 e. The first-order valence-electron chi connectivity index (χ1n) is 7.65. The van der Waals surface area contributed by atoms with Crippen molar-refractivity contribution < 1.29 is 9.59 Å². The van der Waals surface area contributed by atoms with Crippen LogP contribution in [0.1, 0.15) is 5.56 Å². The molecule has 0 spiro atoms. The SMILES string of the molecule is CN(C)C(=O)CN1C[C@H]2CN(Cc3ccncc3)C(=O)[C@H]2C1. The van der Waals surface area contributed by atoms with Crippen molar-refractivity contribution in [3.8, 4) is 0 Å². The fourth-order valence-corrected chi connectivity index (χ4v) is 3.35. The zero-order valence-corrected chi connectivity index (χ0v) is 13.1. The second kappa shape index (κ2) is 6.04. The topological polar surface area (TPSA) is 56.8 Å². The molecule has 6 nitrogen and oxygen atoms in total. The Kier molecular flexibility index (Phi) is 4.11. The van der Waals surface area contributed by atoms with Crippen molar-refractivity contribution in [3.05, 3.63) is 30.1 Å². The number of hydrogen-bond acceptors (Lipinski definition) is 4. The molecule has 0 saturated carbocycles. The maximum absolute atomic E-state index is 12.5. The minimum absolute atomic E-state index is 0.0526. The van der Waals surface area contributed by atoms with Gasteiger partial charge in [0.2, 0.25) is 11.8 Å². The first kappa shape index (κ1) is 15.0. The molecule has 0 unspecified atom stereocenters. The lowest BCUT2D eigenvalue weighted by Gasteiger charge is -2.22. The molecule has 3 heterocycles. The van der Waals surface area contributed by atoms with E-state index in [1.165, 1.54) is 0 Å². The van der Waals surface area contributed by atoms with Crippen LogP contribution in [0.3, 0.4) is 0 Å². The Morgan fingerprint density at radius 3 is 2.64 bits per heavy atom. The Balaban J connectivity index is 1.57. The molecule has 1 aromatic rings. The van der Waals surface area contributed by atoms with Crippen LogP contribution in [0.2, 0.25) is 0 Å². The van der Waals surface area contributed by atoms with Gasteiger partial charge < -0.3 is 9.80 Å². The monoisotopic (exact) mass is 302 g/mol. The van der Waals surface area contributed by atoms with E-state index in [-0.39, 0.29) is 17.7 Å². The van der Waals surface area contributed by atoms with E-state index in [9.17, 15) is 9.59 Å². The molecule has 0 aromatic carbocycles. The predicted octanol–water partition coefficient (Wildman–Crippen LogP) is 0.0600. The summed E-state index contributed by atoms with van der Waals surface area (Å²) in [4.78, 5) is 34.0. The third-order valence-corrected chi connectivity index (χ3v) is 4.58. The lowest BCUT2D eigenvalue weighted by Crippen LogP contribution is -2.38. The van der Waals surface area contributed by atoms with Crippen molar-refractivity contribution in [2.45, 2.75) is 6.54 Å². The van der Waals surface area contributed by atoms with E-state index in [2.05, 4.69) is 9.88 Å². The van der Waals surface area contributed by atoms with Crippen LogP contribution in [0.25, 0.3) is 0 Å². The summed E-state index contributed by atoms with van der Waals surface area (Å²) in [6, 6.07) is 3.90. The number of carbonyl (C=O) groups excluding carboxylic acids is 2. The number of aromatic nitrogens is 1. The Labute approximate surface area is 130 Å². The molecule has 6 heteroatoms. The van der Waals surface area contributed by atoms with E-state index in [0.717, 1.165) is 18.7 Å². The van der Waals surface area contributed by atoms with E-state index >= 15 is 0 Å². The predicted molar refractivity (Wildman–Crippen MR) is 81.8 cm³/mol. The zero-order chi connectivity index (χ0) is 15.7. The maximum atomic E-state index is 12.5. The van der Waals surface area contributed by atoms with Gasteiger partial charge in [-0.1, -0.05) is 0 Å². The fraction of sp³-hybridized carbons (Fsp3) is 0.562. The average Bonchev–Trinajstić information content (AvgIpc) is 3.00. The van der Waals surface area contributed by atoms with Gasteiger partial charge in [0.15, 0.2) is 0 Å². The molecule has 0 N–H and O–H groups in total. The highest BCUT2D eigenvalue weighted by molar-refractivity contribution is 5.82. The fourth-order valence-electron chi connectivity index (χ4n) is 3.35. The quantitative estimate of drug-likeness (QED) is 0.789. The number of hydrogen-bond donors (Lipinski definition) is 0. The van der Waals surface area contributed by atoms with E-state index in [4.69, 9.17) is 0 Å². The number of likely N-dealkylation sites (N-methyl/N-ethyl adjacent to an activating group) is 1. The lowest BCUT2D eigenvalue weighted by atomic mass is 10.0. The molecule has 3 rings (SSSR count). The molecule has 1 aromatic heterocycles. The van der Waals surface area contributed by atoms with Crippen molar-refractivity contribution in [2.75, 3.05) is 40.3 Å². The van der Waals surface area contributed by atoms with E-state index in [1.807, 2.05) is 17.0 Å². The van der Waals surface area contributed by atoms with Gasteiger partial charge in [-0.25, -0.2) is 0 Å². The van der Waals surface area contributed by atoms with Crippen LogP contribution < -0.4 is 0 Å². The number of amides is 2. The average molecular weight is 302 g/mol. The first-order valence-corrected chi connectivity index (χ1v) is 7.65. The zero-order valence-electron chi connectivity index (χ0n) is 13.1. The summed E-state index contributed by atoms with van der Waals surface area (Å²) < 4.78 is 0. The van der Waals surface area contributed by atoms with Gasteiger partial charge in [0, 0.05) is 58.6 Å². The second-order valence-corrected chi connectivity index (χ2v) is 6.42. The summed E-state index contributed by atoms with van der Waals surface area (Å²) in [5.41, 5.74) is 1.11. The minimum Gasteiger partial charge on any atom is -0.348 e. The largest absolute Gasteiger partial charge is 0.348 e. The van der Waals surface area contributed by atoms with Crippen molar-refractivity contribution in [2.24, 2.45) is 11.8 Å². The number of nitrogens with zero attached hydrogens (tertiary/aromatic N) is 4. The van der Waals surface area contributed by atoms with Gasteiger partial charge in [-0.05, 0) is 17.7 Å². The summed E-state index contributed by atoms with van der Waals surface area (Å²) in [6.07, 6.45) is 3.51. The minimum atomic E-state index is 0.0526. The molecule has 2 amide bonds. The number of carbonyl (C=O) groups is 2. The molecule has 2 atom stereocenters. The van der Waals surface area contributed by atoms with Gasteiger partial charge in [-0.15, -0.1) is 0 Å². The lowest BCUT2D eigenvalue weighted by molar-refractivity contribution is -0.133. The summed E-state index contributed by atoms with van der Waals surface area (Å²) in [6.45, 7) is 3.40. The number of fused-ring (bicyclic) bond motifs is 1. The summed E-state index contributed by atoms with van der Waals surface area (Å²) in [7, 11) is 3.53. The van der Waals surface area contributed by atoms with Crippen LogP contribution in [0.4, 0.5) is 0 Å². The van der Waals surface area contributed by atoms with Crippen LogP contribution in [0.5, 0.6) is 0 Å². The molecular formula is C16H22N4O2. The molecular weight excluding hydrogens is 280 g/mol. The Bertz CT molecular complexity index is 561. The van der Waals surface area contributed by atoms with Gasteiger partial charge in [0.25, 0.3) is 0 Å². The van der Waals surface area contributed by atoms with Gasteiger partial charge in [0.1, 0.15) is 0 Å². The highest BCUT2D eigenvalue weighted by Crippen LogP contribution is 2.32. The number of rotatable bonds is 4. The molecule has 0 bridgehead atoms. The molecule has 2 fully saturated rings. The van der Waals surface area contributed by atoms with E-state index < -0.39 is 0 Å². The van der Waals surface area contributed by atoms with Crippen LogP contribution in [-0.4, -0.2) is 71.8 Å². The third-order valence-electron chi connectivity index (χ3n) is 4.58. The van der Waals surface area contributed by atoms with Gasteiger partial charge in [-0.3, -0.25) is 19.5 Å². The molecule has 118 valence electrons. The van der Waals surface area contributed by atoms with Crippen LogP contribution in [0, 0.1) is 11.8 Å². The van der Waals surface area contributed by atoms with Crippen LogP contribution in [-0.2, 0) is 16.1 Å². The highest BCUT2D eigenvalue weighted by Gasteiger charge is 2.46. The Hall–Kier alpha value is -1.95. The Morgan fingerprint density at radius 1 is 1.27 bits per heavy atom. The van der Waals surface area contributed by atoms with E-state index in [1.54, 1.807) is 31.4 Å². The highest BCUT2D eigenvalue weighted by atomic mass is 16.2. The van der Waals surface area contributed by atoms with Crippen LogP contribution in [0.15, 0.2) is 24.5 Å². The second-order valence-electron chi connectivity index (χ2n) is 6.42. The summed E-state index contributed by atoms with van der Waals surface area (Å²) in [5.74, 6) is 0.726. The summed E-state index contributed by atoms with van der Waals surface area (Å²) >= 11 is 0. The third kappa shape index (κ3) is 2.97. The number of pyridine rings is 1. The van der Waals surface area contributed by atoms with Crippen LogP contribution >= 0.6 is 0 Å². The van der Waals surface area contributed by atoms with Gasteiger partial charge in [0.05, 0.1) is 12.5 Å². The van der Waals surface area contributed by atoms with Gasteiger partial charge >= 0.3 is 0 Å².